The third-order valence-corrected chi connectivity index (χ3v) is 4.35. The molecule has 0 saturated carbocycles. The van der Waals surface area contributed by atoms with Crippen molar-refractivity contribution in [2.45, 2.75) is 17.7 Å². The zero-order chi connectivity index (χ0) is 14.1. The van der Waals surface area contributed by atoms with Crippen molar-refractivity contribution in [1.82, 2.24) is 0 Å². The van der Waals surface area contributed by atoms with Crippen LogP contribution < -0.4 is 5.73 Å². The molecule has 20 heavy (non-hydrogen) atoms. The highest BCUT2D eigenvalue weighted by atomic mass is 32.2. The quantitative estimate of drug-likeness (QED) is 0.515. The summed E-state index contributed by atoms with van der Waals surface area (Å²) in [6.07, 6.45) is 2.52. The van der Waals surface area contributed by atoms with Crippen molar-refractivity contribution in [3.63, 3.8) is 0 Å². The first-order valence-electron chi connectivity index (χ1n) is 6.50. The number of rotatable bonds is 3. The van der Waals surface area contributed by atoms with Crippen LogP contribution in [-0.4, -0.2) is 10.8 Å². The first-order chi connectivity index (χ1) is 9.72. The van der Waals surface area contributed by atoms with E-state index < -0.39 is 0 Å². The highest BCUT2D eigenvalue weighted by Gasteiger charge is 2.25. The van der Waals surface area contributed by atoms with E-state index in [9.17, 15) is 4.79 Å². The molecule has 0 heterocycles. The number of carbonyl (C=O) groups excluding carboxylic acids is 1. The number of hydrogen-bond donors (Lipinski definition) is 2. The summed E-state index contributed by atoms with van der Waals surface area (Å²) in [5.74, 6) is 0.0423. The number of fused-ring (bicyclic) bond motifs is 1. The number of benzene rings is 2. The van der Waals surface area contributed by atoms with Gasteiger partial charge in [-0.15, -0.1) is 0 Å². The monoisotopic (exact) mass is 285 g/mol. The molecule has 0 spiro atoms. The van der Waals surface area contributed by atoms with Crippen molar-refractivity contribution in [2.24, 2.45) is 5.92 Å². The fourth-order valence-corrected chi connectivity index (χ4v) is 3.10. The molecule has 1 atom stereocenters. The Morgan fingerprint density at radius 2 is 1.80 bits per heavy atom. The second-order valence-electron chi connectivity index (χ2n) is 5.08. The molecule has 2 aromatic rings. The van der Waals surface area contributed by atoms with Gasteiger partial charge >= 0.3 is 0 Å². The molecule has 0 aromatic heterocycles. The molecular weight excluding hydrogens is 270 g/mol. The van der Waals surface area contributed by atoms with Gasteiger partial charge in [-0.3, -0.25) is 0 Å². The van der Waals surface area contributed by atoms with E-state index in [2.05, 4.69) is 0 Å². The lowest BCUT2D eigenvalue weighted by Crippen LogP contribution is -2.00. The summed E-state index contributed by atoms with van der Waals surface area (Å²) < 4.78 is 9.02. The van der Waals surface area contributed by atoms with Gasteiger partial charge in [0, 0.05) is 28.5 Å². The minimum absolute atomic E-state index is 0.0423. The number of carbonyl (C=O) groups is 1. The van der Waals surface area contributed by atoms with E-state index in [1.807, 2.05) is 36.4 Å². The van der Waals surface area contributed by atoms with Gasteiger partial charge < -0.3 is 15.1 Å². The van der Waals surface area contributed by atoms with Crippen LogP contribution in [0, 0.1) is 5.92 Å². The minimum atomic E-state index is 0.0423. The maximum absolute atomic E-state index is 11.0. The molecular formula is C16H15NO2S. The summed E-state index contributed by atoms with van der Waals surface area (Å²) in [5.41, 5.74) is 11.3. The number of nitrogens with two attached hydrogens (primary N) is 1. The van der Waals surface area contributed by atoms with E-state index in [0.29, 0.717) is 0 Å². The Labute approximate surface area is 122 Å². The second-order valence-corrected chi connectivity index (χ2v) is 5.73. The first kappa shape index (κ1) is 13.2. The van der Waals surface area contributed by atoms with Crippen molar-refractivity contribution in [1.29, 1.82) is 0 Å². The molecule has 0 saturated heterocycles. The predicted octanol–water partition coefficient (Wildman–Crippen LogP) is 3.41. The normalized spacial score (nSPS) is 16.9. The average molecular weight is 285 g/mol. The summed E-state index contributed by atoms with van der Waals surface area (Å²) in [6.45, 7) is 0. The van der Waals surface area contributed by atoms with Crippen LogP contribution in [0.5, 0.6) is 0 Å². The van der Waals surface area contributed by atoms with Crippen LogP contribution in [0.3, 0.4) is 0 Å². The maximum atomic E-state index is 11.0. The lowest BCUT2D eigenvalue weighted by atomic mass is 9.96. The van der Waals surface area contributed by atoms with E-state index in [0.717, 1.165) is 58.4 Å². The van der Waals surface area contributed by atoms with Gasteiger partial charge in [-0.2, -0.15) is 0 Å². The predicted molar refractivity (Wildman–Crippen MR) is 81.7 cm³/mol. The highest BCUT2D eigenvalue weighted by Crippen LogP contribution is 2.37. The molecule has 0 aliphatic heterocycles. The largest absolute Gasteiger partial charge is 0.398 e. The molecule has 0 amide bonds. The molecule has 0 bridgehead atoms. The van der Waals surface area contributed by atoms with Crippen molar-refractivity contribution in [3.05, 3.63) is 47.5 Å². The number of hydrogen-bond acceptors (Lipinski definition) is 4. The van der Waals surface area contributed by atoms with E-state index in [-0.39, 0.29) is 5.92 Å². The van der Waals surface area contributed by atoms with Crippen LogP contribution in [0.1, 0.15) is 11.1 Å². The van der Waals surface area contributed by atoms with Crippen LogP contribution in [-0.2, 0) is 17.6 Å². The smallest absolute Gasteiger partial charge is 0.123 e. The van der Waals surface area contributed by atoms with Gasteiger partial charge in [0.05, 0.1) is 0 Å². The zero-order valence-corrected chi connectivity index (χ0v) is 11.7. The van der Waals surface area contributed by atoms with Crippen LogP contribution in [0.4, 0.5) is 5.69 Å². The molecule has 2 aromatic carbocycles. The topological polar surface area (TPSA) is 63.3 Å². The summed E-state index contributed by atoms with van der Waals surface area (Å²) in [4.78, 5) is 11.9. The number of anilines is 1. The van der Waals surface area contributed by atoms with Gasteiger partial charge in [0.25, 0.3) is 0 Å². The Bertz CT molecular complexity index is 652. The lowest BCUT2D eigenvalue weighted by molar-refractivity contribution is -0.110. The summed E-state index contributed by atoms with van der Waals surface area (Å²) in [7, 11) is 0. The summed E-state index contributed by atoms with van der Waals surface area (Å²) >= 11 is 0.738. The van der Waals surface area contributed by atoms with E-state index in [4.69, 9.17) is 10.3 Å². The highest BCUT2D eigenvalue weighted by molar-refractivity contribution is 7.93. The van der Waals surface area contributed by atoms with Gasteiger partial charge in [-0.1, -0.05) is 18.2 Å². The van der Waals surface area contributed by atoms with Crippen molar-refractivity contribution in [2.75, 3.05) is 5.73 Å². The Balaban J connectivity index is 2.07. The maximum Gasteiger partial charge on any atom is 0.123 e. The summed E-state index contributed by atoms with van der Waals surface area (Å²) in [5, 5.41) is 0. The van der Waals surface area contributed by atoms with E-state index in [1.165, 1.54) is 5.56 Å². The fourth-order valence-electron chi connectivity index (χ4n) is 2.84. The Morgan fingerprint density at radius 1 is 1.10 bits per heavy atom. The molecule has 0 fully saturated rings. The first-order valence-corrected chi connectivity index (χ1v) is 7.27. The third-order valence-electron chi connectivity index (χ3n) is 3.86. The summed E-state index contributed by atoms with van der Waals surface area (Å²) in [6, 6.07) is 11.7. The minimum Gasteiger partial charge on any atom is -0.398 e. The standard InChI is InChI=1S/C16H15NO2S/c17-16-6-5-13(11-1-3-12(20-19)4-2-11)14-7-10(9-18)8-15(14)16/h1-6,9-10,19H,7-8,17H2. The zero-order valence-electron chi connectivity index (χ0n) is 10.9. The van der Waals surface area contributed by atoms with Gasteiger partial charge in [0.1, 0.15) is 6.29 Å². The van der Waals surface area contributed by atoms with Crippen LogP contribution in [0.25, 0.3) is 11.1 Å². The molecule has 4 heteroatoms. The molecule has 0 radical (unpaired) electrons. The third kappa shape index (κ3) is 2.21. The van der Waals surface area contributed by atoms with Crippen molar-refractivity contribution >= 4 is 24.0 Å². The molecule has 102 valence electrons. The second kappa shape index (κ2) is 5.31. The number of nitrogen functional groups attached to an aromatic ring is 1. The average Bonchev–Trinajstić information content (AvgIpc) is 2.93. The van der Waals surface area contributed by atoms with Crippen molar-refractivity contribution < 1.29 is 9.35 Å². The van der Waals surface area contributed by atoms with Gasteiger partial charge in [-0.25, -0.2) is 0 Å². The fraction of sp³-hybridized carbons (Fsp3) is 0.188. The van der Waals surface area contributed by atoms with Gasteiger partial charge in [-0.05, 0) is 53.3 Å². The molecule has 3 nitrogen and oxygen atoms in total. The molecule has 1 aliphatic carbocycles. The SMILES string of the molecule is Nc1ccc(-c2ccc(SO)cc2)c2c1CC(C=O)C2. The van der Waals surface area contributed by atoms with Crippen LogP contribution >= 0.6 is 12.0 Å². The Kier molecular flexibility index (Phi) is 3.51. The lowest BCUT2D eigenvalue weighted by Gasteiger charge is -2.11. The van der Waals surface area contributed by atoms with E-state index >= 15 is 0 Å². The molecule has 1 unspecified atom stereocenters. The van der Waals surface area contributed by atoms with Gasteiger partial charge in [0.15, 0.2) is 0 Å². The van der Waals surface area contributed by atoms with Crippen LogP contribution in [0.15, 0.2) is 41.3 Å². The molecule has 3 N–H and O–H groups in total. The van der Waals surface area contributed by atoms with Crippen molar-refractivity contribution in [3.8, 4) is 11.1 Å². The van der Waals surface area contributed by atoms with Crippen LogP contribution in [0.2, 0.25) is 0 Å². The molecule has 1 aliphatic rings. The van der Waals surface area contributed by atoms with E-state index in [1.54, 1.807) is 0 Å². The Morgan fingerprint density at radius 3 is 2.45 bits per heavy atom. The number of aldehydes is 1. The Hall–Kier alpha value is -1.78. The molecule has 3 rings (SSSR count). The van der Waals surface area contributed by atoms with Gasteiger partial charge in [0.2, 0.25) is 0 Å².